The molecule has 0 spiro atoms. The lowest BCUT2D eigenvalue weighted by atomic mass is 10.0. The zero-order valence-electron chi connectivity index (χ0n) is 40.9. The maximum absolute atomic E-state index is 12.8. The minimum atomic E-state index is -0.774. The molecule has 0 rings (SSSR count). The van der Waals surface area contributed by atoms with Gasteiger partial charge in [0, 0.05) is 19.3 Å². The molecule has 0 bridgehead atoms. The van der Waals surface area contributed by atoms with Gasteiger partial charge >= 0.3 is 17.9 Å². The van der Waals surface area contributed by atoms with Gasteiger partial charge in [0.25, 0.3) is 0 Å². The van der Waals surface area contributed by atoms with Gasteiger partial charge in [0.1, 0.15) is 13.2 Å². The lowest BCUT2D eigenvalue weighted by Gasteiger charge is -2.18. The number of unbranched alkanes of at least 4 members (excludes halogenated alkanes) is 34. The summed E-state index contributed by atoms with van der Waals surface area (Å²) in [6, 6.07) is 0. The van der Waals surface area contributed by atoms with Crippen molar-refractivity contribution < 1.29 is 28.6 Å². The second-order valence-electron chi connectivity index (χ2n) is 18.1. The molecule has 0 aliphatic carbocycles. The Morgan fingerprint density at radius 2 is 0.541 bits per heavy atom. The highest BCUT2D eigenvalue weighted by atomic mass is 16.6. The smallest absolute Gasteiger partial charge is 0.306 e. The fourth-order valence-electron chi connectivity index (χ4n) is 7.84. The van der Waals surface area contributed by atoms with E-state index >= 15 is 0 Å². The van der Waals surface area contributed by atoms with Gasteiger partial charge in [-0.05, 0) is 70.6 Å². The number of rotatable bonds is 49. The third-order valence-corrected chi connectivity index (χ3v) is 11.9. The van der Waals surface area contributed by atoms with Crippen LogP contribution in [-0.2, 0) is 28.6 Å². The van der Waals surface area contributed by atoms with Gasteiger partial charge in [-0.25, -0.2) is 0 Å². The van der Waals surface area contributed by atoms with Gasteiger partial charge in [-0.3, -0.25) is 14.4 Å². The van der Waals surface area contributed by atoms with Crippen molar-refractivity contribution in [3.05, 3.63) is 24.3 Å². The summed E-state index contributed by atoms with van der Waals surface area (Å²) < 4.78 is 16.8. The summed E-state index contributed by atoms with van der Waals surface area (Å²) in [5, 5.41) is 0. The zero-order valence-corrected chi connectivity index (χ0v) is 40.9. The first-order valence-electron chi connectivity index (χ1n) is 26.8. The number of allylic oxidation sites excluding steroid dienone is 4. The van der Waals surface area contributed by atoms with E-state index in [4.69, 9.17) is 14.2 Å². The van der Waals surface area contributed by atoms with Gasteiger partial charge in [-0.1, -0.05) is 225 Å². The third kappa shape index (κ3) is 48.8. The highest BCUT2D eigenvalue weighted by Gasteiger charge is 2.19. The average Bonchev–Trinajstić information content (AvgIpc) is 3.26. The predicted molar refractivity (Wildman–Crippen MR) is 261 cm³/mol. The molecule has 1 atom stereocenters. The number of hydrogen-bond acceptors (Lipinski definition) is 6. The molecule has 0 saturated heterocycles. The molecule has 6 heteroatoms. The number of ether oxygens (including phenoxy) is 3. The molecule has 61 heavy (non-hydrogen) atoms. The molecule has 0 aliphatic heterocycles. The van der Waals surface area contributed by atoms with Crippen LogP contribution < -0.4 is 0 Å². The minimum absolute atomic E-state index is 0.0733. The molecule has 0 heterocycles. The number of esters is 3. The Morgan fingerprint density at radius 1 is 0.311 bits per heavy atom. The summed E-state index contributed by atoms with van der Waals surface area (Å²) in [7, 11) is 0. The summed E-state index contributed by atoms with van der Waals surface area (Å²) in [5.74, 6) is -0.876. The Hall–Kier alpha value is -2.11. The Bertz CT molecular complexity index is 989. The third-order valence-electron chi connectivity index (χ3n) is 11.9. The summed E-state index contributed by atoms with van der Waals surface area (Å²) in [6.45, 7) is 6.64. The van der Waals surface area contributed by atoms with Gasteiger partial charge in [0.15, 0.2) is 6.10 Å². The molecule has 6 nitrogen and oxygen atoms in total. The Balaban J connectivity index is 4.37. The molecular formula is C55H102O6. The maximum Gasteiger partial charge on any atom is 0.306 e. The fourth-order valence-corrected chi connectivity index (χ4v) is 7.84. The molecule has 0 radical (unpaired) electrons. The Morgan fingerprint density at radius 3 is 0.820 bits per heavy atom. The van der Waals surface area contributed by atoms with Gasteiger partial charge in [0.05, 0.1) is 0 Å². The topological polar surface area (TPSA) is 78.9 Å². The van der Waals surface area contributed by atoms with E-state index < -0.39 is 6.10 Å². The van der Waals surface area contributed by atoms with Crippen molar-refractivity contribution in [2.45, 2.75) is 297 Å². The fraction of sp³-hybridized carbons (Fsp3) is 0.873. The highest BCUT2D eigenvalue weighted by molar-refractivity contribution is 5.71. The van der Waals surface area contributed by atoms with E-state index in [0.29, 0.717) is 19.3 Å². The molecular weight excluding hydrogens is 757 g/mol. The van der Waals surface area contributed by atoms with Crippen LogP contribution in [0.15, 0.2) is 24.3 Å². The number of hydrogen-bond donors (Lipinski definition) is 0. The summed E-state index contributed by atoms with van der Waals surface area (Å²) in [6.07, 6.45) is 57.3. The SMILES string of the molecule is CCCCCCCC/C=C\CCCCCCCC(=O)OCC(COC(=O)CCCCCCCCCCCCCCC)OC(=O)CCCCCCC/C=C\CCCCCCCC. The van der Waals surface area contributed by atoms with E-state index in [0.717, 1.165) is 70.6 Å². The van der Waals surface area contributed by atoms with Crippen molar-refractivity contribution in [3.8, 4) is 0 Å². The number of carbonyl (C=O) groups is 3. The van der Waals surface area contributed by atoms with Crippen molar-refractivity contribution >= 4 is 17.9 Å². The molecule has 0 saturated carbocycles. The average molecular weight is 859 g/mol. The predicted octanol–water partition coefficient (Wildman–Crippen LogP) is 17.5. The van der Waals surface area contributed by atoms with E-state index in [2.05, 4.69) is 45.1 Å². The largest absolute Gasteiger partial charge is 0.462 e. The summed E-state index contributed by atoms with van der Waals surface area (Å²) in [5.41, 5.74) is 0. The van der Waals surface area contributed by atoms with Crippen LogP contribution in [0.1, 0.15) is 290 Å². The molecule has 0 aromatic heterocycles. The van der Waals surface area contributed by atoms with Gasteiger partial charge in [-0.15, -0.1) is 0 Å². The summed E-state index contributed by atoms with van der Waals surface area (Å²) >= 11 is 0. The van der Waals surface area contributed by atoms with E-state index in [1.807, 2.05) is 0 Å². The van der Waals surface area contributed by atoms with Crippen molar-refractivity contribution in [3.63, 3.8) is 0 Å². The van der Waals surface area contributed by atoms with Crippen molar-refractivity contribution in [2.75, 3.05) is 13.2 Å². The van der Waals surface area contributed by atoms with Crippen LogP contribution >= 0.6 is 0 Å². The van der Waals surface area contributed by atoms with E-state index in [1.165, 1.54) is 180 Å². The molecule has 1 unspecified atom stereocenters. The van der Waals surface area contributed by atoms with Crippen molar-refractivity contribution in [1.82, 2.24) is 0 Å². The van der Waals surface area contributed by atoms with E-state index in [9.17, 15) is 14.4 Å². The lowest BCUT2D eigenvalue weighted by molar-refractivity contribution is -0.167. The molecule has 0 aliphatic rings. The minimum Gasteiger partial charge on any atom is -0.462 e. The van der Waals surface area contributed by atoms with E-state index in [-0.39, 0.29) is 31.1 Å². The first kappa shape index (κ1) is 58.9. The standard InChI is InChI=1S/C55H102O6/c1-4-7-10-13-16-19-22-25-27-30-33-36-39-42-45-48-54(57)60-51-52(50-59-53(56)47-44-41-38-35-32-29-24-21-18-15-12-9-6-3)61-55(58)49-46-43-40-37-34-31-28-26-23-20-17-14-11-8-5-2/h25-28,52H,4-24,29-51H2,1-3H3/b27-25-,28-26-. The Labute approximate surface area is 379 Å². The Kier molecular flexibility index (Phi) is 48.8. The first-order chi connectivity index (χ1) is 30.0. The van der Waals surface area contributed by atoms with Crippen molar-refractivity contribution in [2.24, 2.45) is 0 Å². The van der Waals surface area contributed by atoms with Crippen LogP contribution in [0.25, 0.3) is 0 Å². The summed E-state index contributed by atoms with van der Waals surface area (Å²) in [4.78, 5) is 38.0. The molecule has 0 aromatic carbocycles. The van der Waals surface area contributed by atoms with Crippen LogP contribution in [0.5, 0.6) is 0 Å². The second-order valence-corrected chi connectivity index (χ2v) is 18.1. The van der Waals surface area contributed by atoms with Crippen LogP contribution in [0.2, 0.25) is 0 Å². The number of carbonyl (C=O) groups excluding carboxylic acids is 3. The molecule has 0 fully saturated rings. The van der Waals surface area contributed by atoms with Gasteiger partial charge in [-0.2, -0.15) is 0 Å². The second kappa shape index (κ2) is 50.5. The van der Waals surface area contributed by atoms with Crippen LogP contribution in [0, 0.1) is 0 Å². The quantitative estimate of drug-likeness (QED) is 0.0262. The van der Waals surface area contributed by atoms with Crippen molar-refractivity contribution in [1.29, 1.82) is 0 Å². The molecule has 358 valence electrons. The molecule has 0 N–H and O–H groups in total. The molecule has 0 amide bonds. The van der Waals surface area contributed by atoms with Gasteiger partial charge < -0.3 is 14.2 Å². The van der Waals surface area contributed by atoms with Gasteiger partial charge in [0.2, 0.25) is 0 Å². The first-order valence-corrected chi connectivity index (χ1v) is 26.8. The monoisotopic (exact) mass is 859 g/mol. The zero-order chi connectivity index (χ0) is 44.4. The molecule has 0 aromatic rings. The normalized spacial score (nSPS) is 12.1. The maximum atomic E-state index is 12.8. The lowest BCUT2D eigenvalue weighted by Crippen LogP contribution is -2.30. The highest BCUT2D eigenvalue weighted by Crippen LogP contribution is 2.15. The van der Waals surface area contributed by atoms with E-state index in [1.54, 1.807) is 0 Å². The van der Waals surface area contributed by atoms with Crippen LogP contribution in [0.4, 0.5) is 0 Å². The van der Waals surface area contributed by atoms with Crippen LogP contribution in [-0.4, -0.2) is 37.2 Å². The van der Waals surface area contributed by atoms with Crippen LogP contribution in [0.3, 0.4) is 0 Å².